The van der Waals surface area contributed by atoms with E-state index >= 15 is 0 Å². The summed E-state index contributed by atoms with van der Waals surface area (Å²) >= 11 is 0. The normalized spacial score (nSPS) is 10.9. The maximum absolute atomic E-state index is 11.8. The van der Waals surface area contributed by atoms with Crippen molar-refractivity contribution in [3.63, 3.8) is 0 Å². The van der Waals surface area contributed by atoms with Crippen LogP contribution in [0.25, 0.3) is 22.5 Å². The predicted octanol–water partition coefficient (Wildman–Crippen LogP) is 6.63. The molecule has 2 N–H and O–H groups in total. The Morgan fingerprint density at radius 1 is 0.919 bits per heavy atom. The van der Waals surface area contributed by atoms with E-state index in [0.717, 1.165) is 35.2 Å². The molecule has 0 atom stereocenters. The first kappa shape index (κ1) is 27.7. The lowest BCUT2D eigenvalue weighted by molar-refractivity contribution is 0.0598. The van der Waals surface area contributed by atoms with Crippen molar-refractivity contribution >= 4 is 20.0 Å². The first-order chi connectivity index (χ1) is 17.7. The molecule has 0 aliphatic heterocycles. The largest absolute Gasteiger partial charge is 0.478 e. The predicted molar refractivity (Wildman–Crippen MR) is 149 cm³/mol. The van der Waals surface area contributed by atoms with Gasteiger partial charge in [-0.2, -0.15) is 0 Å². The highest BCUT2D eigenvalue weighted by Gasteiger charge is 2.15. The van der Waals surface area contributed by atoms with Crippen molar-refractivity contribution in [3.05, 3.63) is 96.3 Å². The van der Waals surface area contributed by atoms with Gasteiger partial charge in [0.25, 0.3) is 0 Å². The van der Waals surface area contributed by atoms with Gasteiger partial charge in [0.05, 0.1) is 23.9 Å². The summed E-state index contributed by atoms with van der Waals surface area (Å²) in [4.78, 5) is 25.3. The molecular formula is C29H34N2O5Si. The monoisotopic (exact) mass is 518 g/mol. The summed E-state index contributed by atoms with van der Waals surface area (Å²) < 4.78 is 12.6. The zero-order chi connectivity index (χ0) is 26.8. The number of aromatic amines is 1. The lowest BCUT2D eigenvalue weighted by atomic mass is 10.1. The molecule has 0 radical (unpaired) electrons. The molecule has 194 valence electrons. The third kappa shape index (κ3) is 8.34. The number of carbonyl (C=O) groups is 2. The van der Waals surface area contributed by atoms with Crippen molar-refractivity contribution < 1.29 is 24.2 Å². The van der Waals surface area contributed by atoms with Gasteiger partial charge in [-0.15, -0.1) is 0 Å². The van der Waals surface area contributed by atoms with E-state index in [1.807, 2.05) is 71.3 Å². The van der Waals surface area contributed by atoms with Crippen LogP contribution in [0.15, 0.2) is 85.2 Å². The Kier molecular flexibility index (Phi) is 9.65. The summed E-state index contributed by atoms with van der Waals surface area (Å²) in [6, 6.07) is 24.2. The first-order valence-corrected chi connectivity index (χ1v) is 15.8. The maximum atomic E-state index is 11.8. The van der Waals surface area contributed by atoms with Crippen molar-refractivity contribution in [2.45, 2.75) is 32.4 Å². The first-order valence-electron chi connectivity index (χ1n) is 12.1. The van der Waals surface area contributed by atoms with Gasteiger partial charge in [0.2, 0.25) is 0 Å². The highest BCUT2D eigenvalue weighted by atomic mass is 28.3. The Morgan fingerprint density at radius 3 is 2.08 bits per heavy atom. The summed E-state index contributed by atoms with van der Waals surface area (Å²) in [6.07, 6.45) is 3.29. The number of benzene rings is 2. The van der Waals surface area contributed by atoms with Gasteiger partial charge in [-0.05, 0) is 29.3 Å². The molecule has 4 rings (SSSR count). The Morgan fingerprint density at radius 2 is 1.54 bits per heavy atom. The molecule has 4 aromatic rings. The van der Waals surface area contributed by atoms with E-state index in [-0.39, 0.29) is 11.5 Å². The fraction of sp³-hybridized carbons (Fsp3) is 0.241. The zero-order valence-corrected chi connectivity index (χ0v) is 22.7. The van der Waals surface area contributed by atoms with E-state index < -0.39 is 14.0 Å². The molecule has 2 aromatic carbocycles. The van der Waals surface area contributed by atoms with Gasteiger partial charge in [-0.25, -0.2) is 9.59 Å². The van der Waals surface area contributed by atoms with Crippen LogP contribution < -0.4 is 0 Å². The second-order valence-corrected chi connectivity index (χ2v) is 15.4. The molecular weight excluding hydrogens is 484 g/mol. The molecule has 0 fully saturated rings. The van der Waals surface area contributed by atoms with Crippen LogP contribution in [0.1, 0.15) is 20.7 Å². The molecule has 8 heteroatoms. The van der Waals surface area contributed by atoms with Crippen molar-refractivity contribution in [1.82, 2.24) is 9.55 Å². The number of rotatable bonds is 9. The molecule has 7 nitrogen and oxygen atoms in total. The smallest absolute Gasteiger partial charge is 0.339 e. The van der Waals surface area contributed by atoms with Crippen LogP contribution >= 0.6 is 0 Å². The number of carbonyl (C=O) groups excluding carboxylic acids is 1. The van der Waals surface area contributed by atoms with E-state index in [1.165, 1.54) is 13.3 Å². The number of aromatic carboxylic acids is 1. The molecule has 37 heavy (non-hydrogen) atoms. The Hall–Kier alpha value is -3.88. The molecule has 0 saturated heterocycles. The molecule has 0 saturated carbocycles. The summed E-state index contributed by atoms with van der Waals surface area (Å²) in [7, 11) is 0.295. The van der Waals surface area contributed by atoms with Gasteiger partial charge >= 0.3 is 11.9 Å². The number of nitrogens with zero attached hydrogens (tertiary/aromatic N) is 1. The SMILES string of the molecule is COC(=O)c1cc(-c2ccccc2)n(COCC[Si](C)(C)C)c1.O=C(O)c1c[nH]c(-c2ccccc2)c1. The number of H-pyrrole nitrogens is 1. The van der Waals surface area contributed by atoms with E-state index in [4.69, 9.17) is 14.6 Å². The van der Waals surface area contributed by atoms with Gasteiger partial charge in [-0.1, -0.05) is 80.3 Å². The van der Waals surface area contributed by atoms with Gasteiger partial charge < -0.3 is 24.1 Å². The average molecular weight is 519 g/mol. The number of carboxylic acid groups (broad SMARTS) is 1. The van der Waals surface area contributed by atoms with Gasteiger partial charge in [0.15, 0.2) is 0 Å². The molecule has 0 unspecified atom stereocenters. The van der Waals surface area contributed by atoms with E-state index in [9.17, 15) is 9.59 Å². The third-order valence-electron chi connectivity index (χ3n) is 5.63. The number of methoxy groups -OCH3 is 1. The molecule has 0 aliphatic carbocycles. The van der Waals surface area contributed by atoms with Gasteiger partial charge in [0, 0.05) is 32.8 Å². The fourth-order valence-electron chi connectivity index (χ4n) is 3.54. The highest BCUT2D eigenvalue weighted by Crippen LogP contribution is 2.23. The lowest BCUT2D eigenvalue weighted by Gasteiger charge is -2.16. The van der Waals surface area contributed by atoms with Crippen molar-refractivity contribution in [3.8, 4) is 22.5 Å². The van der Waals surface area contributed by atoms with Crippen LogP contribution in [0.4, 0.5) is 0 Å². The number of aromatic nitrogens is 2. The second kappa shape index (κ2) is 12.9. The molecule has 2 aromatic heterocycles. The molecule has 0 amide bonds. The number of hydrogen-bond donors (Lipinski definition) is 2. The van der Waals surface area contributed by atoms with Crippen molar-refractivity contribution in [2.75, 3.05) is 13.7 Å². The van der Waals surface area contributed by atoms with Crippen LogP contribution in [0.3, 0.4) is 0 Å². The summed E-state index contributed by atoms with van der Waals surface area (Å²) in [5, 5.41) is 8.73. The van der Waals surface area contributed by atoms with Crippen molar-refractivity contribution in [2.24, 2.45) is 0 Å². The zero-order valence-electron chi connectivity index (χ0n) is 21.7. The minimum atomic E-state index is -1.10. The quantitative estimate of drug-likeness (QED) is 0.147. The minimum Gasteiger partial charge on any atom is -0.478 e. The molecule has 0 aliphatic rings. The topological polar surface area (TPSA) is 93.6 Å². The minimum absolute atomic E-state index is 0.281. The summed E-state index contributed by atoms with van der Waals surface area (Å²) in [6.45, 7) is 8.17. The number of ether oxygens (including phenoxy) is 2. The van der Waals surface area contributed by atoms with Crippen LogP contribution in [-0.2, 0) is 16.2 Å². The van der Waals surface area contributed by atoms with Crippen LogP contribution in [-0.4, -0.2) is 48.4 Å². The van der Waals surface area contributed by atoms with Gasteiger partial charge in [-0.3, -0.25) is 0 Å². The van der Waals surface area contributed by atoms with E-state index in [1.54, 1.807) is 12.3 Å². The highest BCUT2D eigenvalue weighted by molar-refractivity contribution is 6.76. The third-order valence-corrected chi connectivity index (χ3v) is 7.33. The fourth-order valence-corrected chi connectivity index (χ4v) is 4.30. The average Bonchev–Trinajstić information content (AvgIpc) is 3.55. The van der Waals surface area contributed by atoms with Crippen LogP contribution in [0.5, 0.6) is 0 Å². The number of esters is 1. The number of hydrogen-bond acceptors (Lipinski definition) is 4. The van der Waals surface area contributed by atoms with E-state index in [0.29, 0.717) is 12.3 Å². The van der Waals surface area contributed by atoms with Crippen molar-refractivity contribution in [1.29, 1.82) is 0 Å². The Bertz CT molecular complexity index is 1290. The van der Waals surface area contributed by atoms with Crippen LogP contribution in [0, 0.1) is 0 Å². The lowest BCUT2D eigenvalue weighted by Crippen LogP contribution is -2.22. The Labute approximate surface area is 218 Å². The number of nitrogens with one attached hydrogen (secondary N) is 1. The standard InChI is InChI=1S/C18H25NO3Si.C11H9NO2/c1-21-18(20)16-12-17(15-8-6-5-7-9-15)19(13-16)14-22-10-11-23(2,3)4;13-11(14)9-6-10(12-7-9)8-4-2-1-3-5-8/h5-9,12-13H,10-11,14H2,1-4H3;1-7,12H,(H,13,14). The van der Waals surface area contributed by atoms with E-state index in [2.05, 4.69) is 24.6 Å². The van der Waals surface area contributed by atoms with Crippen LogP contribution in [0.2, 0.25) is 25.7 Å². The molecule has 0 bridgehead atoms. The molecule has 2 heterocycles. The maximum Gasteiger partial charge on any atom is 0.339 e. The summed E-state index contributed by atoms with van der Waals surface area (Å²) in [5.74, 6) is -1.24. The number of carboxylic acids is 1. The van der Waals surface area contributed by atoms with Gasteiger partial charge in [0.1, 0.15) is 6.73 Å². The second-order valence-electron chi connectivity index (χ2n) is 9.76. The summed E-state index contributed by atoms with van der Waals surface area (Å²) in [5.41, 5.74) is 4.64. The molecule has 0 spiro atoms. The Balaban J connectivity index is 0.000000231.